The van der Waals surface area contributed by atoms with E-state index in [-0.39, 0.29) is 17.1 Å². The molecule has 0 aromatic heterocycles. The first kappa shape index (κ1) is 19.6. The van der Waals surface area contributed by atoms with E-state index in [1.807, 2.05) is 0 Å². The topological polar surface area (TPSA) is 117 Å². The van der Waals surface area contributed by atoms with Gasteiger partial charge in [-0.1, -0.05) is 6.07 Å². The zero-order chi connectivity index (χ0) is 20.0. The summed E-state index contributed by atoms with van der Waals surface area (Å²) < 4.78 is 28.7. The molecule has 2 aromatic carbocycles. The Balaban J connectivity index is 2.07. The third-order valence-electron chi connectivity index (χ3n) is 3.40. The molecule has 2 aromatic rings. The van der Waals surface area contributed by atoms with Crippen LogP contribution >= 0.6 is 0 Å². The Labute approximate surface area is 152 Å². The minimum Gasteiger partial charge on any atom is -0.496 e. The number of non-ortho nitro benzene ring substituents is 1. The average molecular weight is 378 g/mol. The number of benzene rings is 2. The fourth-order valence-corrected chi connectivity index (χ4v) is 2.16. The van der Waals surface area contributed by atoms with Crippen LogP contribution in [-0.4, -0.2) is 37.6 Å². The molecule has 0 fully saturated rings. The van der Waals surface area contributed by atoms with Gasteiger partial charge in [0.05, 0.1) is 24.8 Å². The van der Waals surface area contributed by atoms with Crippen molar-refractivity contribution in [1.29, 1.82) is 0 Å². The van der Waals surface area contributed by atoms with Crippen molar-refractivity contribution in [2.24, 2.45) is 0 Å². The largest absolute Gasteiger partial charge is 0.496 e. The Hall–Kier alpha value is -3.69. The Bertz CT molecular complexity index is 863. The lowest BCUT2D eigenvalue weighted by molar-refractivity contribution is -0.384. The van der Waals surface area contributed by atoms with Gasteiger partial charge in [0, 0.05) is 12.1 Å². The molecule has 1 amide bonds. The van der Waals surface area contributed by atoms with Crippen LogP contribution in [0.15, 0.2) is 36.4 Å². The van der Waals surface area contributed by atoms with E-state index in [2.05, 4.69) is 5.32 Å². The van der Waals surface area contributed by atoms with Gasteiger partial charge in [-0.25, -0.2) is 9.18 Å². The van der Waals surface area contributed by atoms with Gasteiger partial charge in [0.15, 0.2) is 6.61 Å². The van der Waals surface area contributed by atoms with E-state index >= 15 is 0 Å². The molecular weight excluding hydrogens is 363 g/mol. The summed E-state index contributed by atoms with van der Waals surface area (Å²) in [5.74, 6) is -2.27. The van der Waals surface area contributed by atoms with E-state index < -0.39 is 40.6 Å². The van der Waals surface area contributed by atoms with E-state index in [9.17, 15) is 24.1 Å². The number of hydrogen-bond acceptors (Lipinski definition) is 7. The van der Waals surface area contributed by atoms with Crippen LogP contribution in [-0.2, 0) is 9.53 Å². The summed E-state index contributed by atoms with van der Waals surface area (Å²) in [5, 5.41) is 12.8. The molecule has 0 spiro atoms. The smallest absolute Gasteiger partial charge is 0.346 e. The SMILES string of the molecule is COc1cccc(OC)c1C(=O)OCC(=O)Nc1cc([N+](=O)[O-])ccc1F. The molecule has 0 heterocycles. The average Bonchev–Trinajstić information content (AvgIpc) is 2.66. The summed E-state index contributed by atoms with van der Waals surface area (Å²) >= 11 is 0. The van der Waals surface area contributed by atoms with Crippen molar-refractivity contribution >= 4 is 23.3 Å². The molecule has 0 saturated carbocycles. The first-order valence-corrected chi connectivity index (χ1v) is 7.49. The number of anilines is 1. The van der Waals surface area contributed by atoms with Gasteiger partial charge in [-0.15, -0.1) is 0 Å². The van der Waals surface area contributed by atoms with Gasteiger partial charge in [0.1, 0.15) is 22.9 Å². The normalized spacial score (nSPS) is 10.0. The van der Waals surface area contributed by atoms with E-state index in [0.717, 1.165) is 18.2 Å². The van der Waals surface area contributed by atoms with Crippen LogP contribution in [0.1, 0.15) is 10.4 Å². The Morgan fingerprint density at radius 3 is 2.33 bits per heavy atom. The highest BCUT2D eigenvalue weighted by Gasteiger charge is 2.21. The van der Waals surface area contributed by atoms with Crippen LogP contribution in [0.3, 0.4) is 0 Å². The third-order valence-corrected chi connectivity index (χ3v) is 3.40. The molecule has 1 N–H and O–H groups in total. The maximum atomic E-state index is 13.7. The molecule has 0 unspecified atom stereocenters. The zero-order valence-corrected chi connectivity index (χ0v) is 14.4. The summed E-state index contributed by atoms with van der Waals surface area (Å²) in [6, 6.07) is 7.29. The highest BCUT2D eigenvalue weighted by molar-refractivity contribution is 5.98. The number of carbonyl (C=O) groups excluding carboxylic acids is 2. The highest BCUT2D eigenvalue weighted by atomic mass is 19.1. The summed E-state index contributed by atoms with van der Waals surface area (Å²) in [5.41, 5.74) is -0.820. The number of amides is 1. The second kappa shape index (κ2) is 8.61. The van der Waals surface area contributed by atoms with Crippen LogP contribution < -0.4 is 14.8 Å². The predicted molar refractivity (Wildman–Crippen MR) is 91.5 cm³/mol. The van der Waals surface area contributed by atoms with Crippen LogP contribution in [0.4, 0.5) is 15.8 Å². The van der Waals surface area contributed by atoms with E-state index in [1.54, 1.807) is 6.07 Å². The standard InChI is InChI=1S/C17H15FN2O7/c1-25-13-4-3-5-14(26-2)16(13)17(22)27-9-15(21)19-12-8-10(20(23)24)6-7-11(12)18/h3-8H,9H2,1-2H3,(H,19,21). The van der Waals surface area contributed by atoms with Gasteiger partial charge in [-0.05, 0) is 18.2 Å². The Morgan fingerprint density at radius 1 is 1.15 bits per heavy atom. The monoisotopic (exact) mass is 378 g/mol. The van der Waals surface area contributed by atoms with Gasteiger partial charge in [0.25, 0.3) is 11.6 Å². The molecule has 142 valence electrons. The van der Waals surface area contributed by atoms with Gasteiger partial charge >= 0.3 is 5.97 Å². The van der Waals surface area contributed by atoms with Crippen molar-refractivity contribution in [3.05, 3.63) is 57.9 Å². The number of methoxy groups -OCH3 is 2. The zero-order valence-electron chi connectivity index (χ0n) is 14.4. The van der Waals surface area contributed by atoms with Gasteiger partial charge in [-0.3, -0.25) is 14.9 Å². The van der Waals surface area contributed by atoms with Crippen LogP contribution in [0.5, 0.6) is 11.5 Å². The van der Waals surface area contributed by atoms with Crippen molar-refractivity contribution in [1.82, 2.24) is 0 Å². The van der Waals surface area contributed by atoms with Gasteiger partial charge in [0.2, 0.25) is 0 Å². The quantitative estimate of drug-likeness (QED) is 0.447. The fourth-order valence-electron chi connectivity index (χ4n) is 2.16. The molecule has 2 rings (SSSR count). The lowest BCUT2D eigenvalue weighted by Gasteiger charge is -2.12. The van der Waals surface area contributed by atoms with Crippen molar-refractivity contribution in [3.8, 4) is 11.5 Å². The first-order chi connectivity index (χ1) is 12.9. The molecule has 9 nitrogen and oxygen atoms in total. The van der Waals surface area contributed by atoms with E-state index in [0.29, 0.717) is 0 Å². The number of nitro groups is 1. The van der Waals surface area contributed by atoms with Crippen molar-refractivity contribution < 1.29 is 33.1 Å². The van der Waals surface area contributed by atoms with Crippen molar-refractivity contribution in [2.75, 3.05) is 26.1 Å². The van der Waals surface area contributed by atoms with Crippen LogP contribution in [0.25, 0.3) is 0 Å². The molecule has 0 radical (unpaired) electrons. The molecule has 27 heavy (non-hydrogen) atoms. The predicted octanol–water partition coefficient (Wildman–Crippen LogP) is 2.55. The fraction of sp³-hybridized carbons (Fsp3) is 0.176. The van der Waals surface area contributed by atoms with Gasteiger partial charge in [-0.2, -0.15) is 0 Å². The number of esters is 1. The number of nitro benzene ring substituents is 1. The molecule has 0 aliphatic rings. The Kier molecular flexibility index (Phi) is 6.26. The molecule has 0 bridgehead atoms. The molecule has 0 aliphatic heterocycles. The lowest BCUT2D eigenvalue weighted by atomic mass is 10.2. The van der Waals surface area contributed by atoms with Crippen LogP contribution in [0, 0.1) is 15.9 Å². The summed E-state index contributed by atoms with van der Waals surface area (Å²) in [7, 11) is 2.70. The van der Waals surface area contributed by atoms with Crippen molar-refractivity contribution in [2.45, 2.75) is 0 Å². The maximum Gasteiger partial charge on any atom is 0.346 e. The van der Waals surface area contributed by atoms with E-state index in [4.69, 9.17) is 14.2 Å². The molecule has 10 heteroatoms. The second-order valence-corrected chi connectivity index (χ2v) is 5.08. The third kappa shape index (κ3) is 4.69. The molecule has 0 atom stereocenters. The summed E-state index contributed by atoms with van der Waals surface area (Å²) in [4.78, 5) is 34.1. The highest BCUT2D eigenvalue weighted by Crippen LogP contribution is 2.29. The first-order valence-electron chi connectivity index (χ1n) is 7.49. The minimum atomic E-state index is -0.890. The number of hydrogen-bond donors (Lipinski definition) is 1. The maximum absolute atomic E-state index is 13.7. The Morgan fingerprint density at radius 2 is 1.78 bits per heavy atom. The lowest BCUT2D eigenvalue weighted by Crippen LogP contribution is -2.22. The number of halogens is 1. The summed E-state index contributed by atoms with van der Waals surface area (Å²) in [6.45, 7) is -0.748. The molecule has 0 saturated heterocycles. The minimum absolute atomic E-state index is 0.0168. The molecule has 0 aliphatic carbocycles. The second-order valence-electron chi connectivity index (χ2n) is 5.08. The number of rotatable bonds is 7. The number of nitrogens with zero attached hydrogens (tertiary/aromatic N) is 1. The van der Waals surface area contributed by atoms with Crippen molar-refractivity contribution in [3.63, 3.8) is 0 Å². The number of ether oxygens (including phenoxy) is 3. The van der Waals surface area contributed by atoms with E-state index in [1.165, 1.54) is 26.4 Å². The van der Waals surface area contributed by atoms with Gasteiger partial charge < -0.3 is 19.5 Å². The summed E-state index contributed by atoms with van der Waals surface area (Å²) in [6.07, 6.45) is 0. The number of nitrogens with one attached hydrogen (secondary N) is 1. The van der Waals surface area contributed by atoms with Crippen LogP contribution in [0.2, 0.25) is 0 Å². The molecular formula is C17H15FN2O7. The number of carbonyl (C=O) groups is 2.